The summed E-state index contributed by atoms with van der Waals surface area (Å²) in [7, 11) is 0. The Morgan fingerprint density at radius 3 is 2.44 bits per heavy atom. The summed E-state index contributed by atoms with van der Waals surface area (Å²) in [5, 5.41) is 8.77. The van der Waals surface area contributed by atoms with Crippen LogP contribution in [-0.4, -0.2) is 23.1 Å². The van der Waals surface area contributed by atoms with Crippen molar-refractivity contribution < 1.29 is 19.4 Å². The van der Waals surface area contributed by atoms with Crippen LogP contribution in [0.3, 0.4) is 0 Å². The molecule has 1 rings (SSSR count). The van der Waals surface area contributed by atoms with Crippen LogP contribution < -0.4 is 10.5 Å². The fourth-order valence-corrected chi connectivity index (χ4v) is 1.21. The maximum absolute atomic E-state index is 11.1. The molecule has 0 atom stereocenters. The molecule has 0 spiro atoms. The summed E-state index contributed by atoms with van der Waals surface area (Å²) in [5.74, 6) is -1.52. The number of hydrogen-bond acceptors (Lipinski definition) is 3. The molecular weight excluding hydrogens is 210 g/mol. The maximum atomic E-state index is 11.1. The van der Waals surface area contributed by atoms with E-state index in [9.17, 15) is 9.59 Å². The first-order chi connectivity index (χ1) is 7.41. The number of hydrogen-bond donors (Lipinski definition) is 2. The molecule has 16 heavy (non-hydrogen) atoms. The van der Waals surface area contributed by atoms with Gasteiger partial charge in [0.05, 0.1) is 17.2 Å². The van der Waals surface area contributed by atoms with Crippen LogP contribution >= 0.6 is 0 Å². The SMILES string of the molecule is CC(C)Oc1ccc(C(=O)O)cc1C(N)=O. The van der Waals surface area contributed by atoms with Gasteiger partial charge in [-0.1, -0.05) is 0 Å². The number of carboxylic acids is 1. The summed E-state index contributed by atoms with van der Waals surface area (Å²) < 4.78 is 5.35. The third kappa shape index (κ3) is 2.73. The Hall–Kier alpha value is -2.04. The van der Waals surface area contributed by atoms with Gasteiger partial charge in [0.15, 0.2) is 0 Å². The van der Waals surface area contributed by atoms with Gasteiger partial charge in [-0.25, -0.2) is 4.79 Å². The summed E-state index contributed by atoms with van der Waals surface area (Å²) in [5.41, 5.74) is 5.23. The Balaban J connectivity index is 3.19. The van der Waals surface area contributed by atoms with Crippen LogP contribution in [0, 0.1) is 0 Å². The third-order valence-electron chi connectivity index (χ3n) is 1.85. The van der Waals surface area contributed by atoms with Gasteiger partial charge < -0.3 is 15.6 Å². The number of carboxylic acid groups (broad SMARTS) is 1. The fraction of sp³-hybridized carbons (Fsp3) is 0.273. The van der Waals surface area contributed by atoms with Crippen LogP contribution in [-0.2, 0) is 0 Å². The molecule has 5 nitrogen and oxygen atoms in total. The summed E-state index contributed by atoms with van der Waals surface area (Å²) in [6.45, 7) is 3.60. The summed E-state index contributed by atoms with van der Waals surface area (Å²) in [4.78, 5) is 21.8. The second-order valence-electron chi connectivity index (χ2n) is 3.55. The number of carbonyl (C=O) groups is 2. The summed E-state index contributed by atoms with van der Waals surface area (Å²) >= 11 is 0. The average Bonchev–Trinajstić information content (AvgIpc) is 2.16. The van der Waals surface area contributed by atoms with Crippen molar-refractivity contribution in [3.05, 3.63) is 29.3 Å². The highest BCUT2D eigenvalue weighted by Crippen LogP contribution is 2.21. The lowest BCUT2D eigenvalue weighted by atomic mass is 10.1. The fourth-order valence-electron chi connectivity index (χ4n) is 1.21. The Kier molecular flexibility index (Phi) is 3.50. The van der Waals surface area contributed by atoms with Gasteiger partial charge in [-0.15, -0.1) is 0 Å². The molecule has 0 aliphatic carbocycles. The molecule has 0 saturated carbocycles. The van der Waals surface area contributed by atoms with E-state index in [1.165, 1.54) is 18.2 Å². The Bertz CT molecular complexity index is 426. The number of benzene rings is 1. The van der Waals surface area contributed by atoms with E-state index in [1.807, 2.05) is 0 Å². The van der Waals surface area contributed by atoms with Crippen molar-refractivity contribution in [1.29, 1.82) is 0 Å². The van der Waals surface area contributed by atoms with Crippen LogP contribution in [0.4, 0.5) is 0 Å². The van der Waals surface area contributed by atoms with Gasteiger partial charge in [0.25, 0.3) is 5.91 Å². The molecule has 5 heteroatoms. The molecule has 0 aliphatic heterocycles. The summed E-state index contributed by atoms with van der Waals surface area (Å²) in [6, 6.07) is 4.01. The predicted molar refractivity (Wildman–Crippen MR) is 57.7 cm³/mol. The number of ether oxygens (including phenoxy) is 1. The molecule has 0 aliphatic rings. The van der Waals surface area contributed by atoms with E-state index < -0.39 is 11.9 Å². The van der Waals surface area contributed by atoms with E-state index in [-0.39, 0.29) is 17.2 Å². The Labute approximate surface area is 92.8 Å². The minimum Gasteiger partial charge on any atom is -0.490 e. The van der Waals surface area contributed by atoms with Crippen molar-refractivity contribution in [2.75, 3.05) is 0 Å². The van der Waals surface area contributed by atoms with Gasteiger partial charge in [-0.05, 0) is 32.0 Å². The lowest BCUT2D eigenvalue weighted by molar-refractivity contribution is 0.0697. The molecule has 3 N–H and O–H groups in total. The number of nitrogens with two attached hydrogens (primary N) is 1. The van der Waals surface area contributed by atoms with E-state index in [4.69, 9.17) is 15.6 Å². The molecule has 86 valence electrons. The van der Waals surface area contributed by atoms with E-state index in [0.717, 1.165) is 0 Å². The zero-order valence-electron chi connectivity index (χ0n) is 9.06. The van der Waals surface area contributed by atoms with Crippen molar-refractivity contribution in [3.63, 3.8) is 0 Å². The van der Waals surface area contributed by atoms with Crippen LogP contribution in [0.15, 0.2) is 18.2 Å². The standard InChI is InChI=1S/C11H13NO4/c1-6(2)16-9-4-3-7(11(14)15)5-8(9)10(12)13/h3-6H,1-2H3,(H2,12,13)(H,14,15). The van der Waals surface area contributed by atoms with E-state index in [1.54, 1.807) is 13.8 Å². The van der Waals surface area contributed by atoms with Crippen molar-refractivity contribution in [1.82, 2.24) is 0 Å². The molecule has 0 unspecified atom stereocenters. The van der Waals surface area contributed by atoms with Crippen molar-refractivity contribution in [3.8, 4) is 5.75 Å². The van der Waals surface area contributed by atoms with Crippen LogP contribution in [0.25, 0.3) is 0 Å². The van der Waals surface area contributed by atoms with E-state index in [0.29, 0.717) is 5.75 Å². The highest BCUT2D eigenvalue weighted by atomic mass is 16.5. The molecule has 0 bridgehead atoms. The molecule has 1 amide bonds. The molecule has 0 heterocycles. The number of aromatic carboxylic acids is 1. The van der Waals surface area contributed by atoms with Crippen molar-refractivity contribution in [2.45, 2.75) is 20.0 Å². The monoisotopic (exact) mass is 223 g/mol. The second kappa shape index (κ2) is 4.65. The molecule has 0 saturated heterocycles. The lowest BCUT2D eigenvalue weighted by Gasteiger charge is -2.12. The highest BCUT2D eigenvalue weighted by molar-refractivity contribution is 5.98. The zero-order chi connectivity index (χ0) is 12.3. The number of primary amides is 1. The largest absolute Gasteiger partial charge is 0.490 e. The topological polar surface area (TPSA) is 89.6 Å². The smallest absolute Gasteiger partial charge is 0.335 e. The van der Waals surface area contributed by atoms with Gasteiger partial charge in [-0.3, -0.25) is 4.79 Å². The highest BCUT2D eigenvalue weighted by Gasteiger charge is 2.14. The minimum atomic E-state index is -1.11. The first-order valence-electron chi connectivity index (χ1n) is 4.75. The lowest BCUT2D eigenvalue weighted by Crippen LogP contribution is -2.16. The second-order valence-corrected chi connectivity index (χ2v) is 3.55. The Morgan fingerprint density at radius 1 is 1.38 bits per heavy atom. The van der Waals surface area contributed by atoms with Gasteiger partial charge in [-0.2, -0.15) is 0 Å². The zero-order valence-corrected chi connectivity index (χ0v) is 9.06. The Morgan fingerprint density at radius 2 is 2.00 bits per heavy atom. The summed E-state index contributed by atoms with van der Waals surface area (Å²) in [6.07, 6.45) is -0.117. The average molecular weight is 223 g/mol. The molecular formula is C11H13NO4. The maximum Gasteiger partial charge on any atom is 0.335 e. The van der Waals surface area contributed by atoms with Gasteiger partial charge in [0.2, 0.25) is 0 Å². The molecule has 0 fully saturated rings. The molecule has 0 radical (unpaired) electrons. The van der Waals surface area contributed by atoms with Gasteiger partial charge >= 0.3 is 5.97 Å². The third-order valence-corrected chi connectivity index (χ3v) is 1.85. The quantitative estimate of drug-likeness (QED) is 0.804. The van der Waals surface area contributed by atoms with Crippen LogP contribution in [0.1, 0.15) is 34.6 Å². The molecule has 1 aromatic rings. The number of rotatable bonds is 4. The number of carbonyl (C=O) groups excluding carboxylic acids is 1. The van der Waals surface area contributed by atoms with Crippen molar-refractivity contribution in [2.24, 2.45) is 5.73 Å². The normalized spacial score (nSPS) is 10.2. The minimum absolute atomic E-state index is 0.00454. The first kappa shape index (κ1) is 12.0. The van der Waals surface area contributed by atoms with Gasteiger partial charge in [0.1, 0.15) is 5.75 Å². The van der Waals surface area contributed by atoms with Crippen LogP contribution in [0.2, 0.25) is 0 Å². The molecule has 1 aromatic carbocycles. The van der Waals surface area contributed by atoms with Gasteiger partial charge in [0, 0.05) is 0 Å². The molecule has 0 aromatic heterocycles. The predicted octanol–water partition coefficient (Wildman–Crippen LogP) is 1.27. The van der Waals surface area contributed by atoms with Crippen molar-refractivity contribution >= 4 is 11.9 Å². The van der Waals surface area contributed by atoms with E-state index in [2.05, 4.69) is 0 Å². The number of amides is 1. The first-order valence-corrected chi connectivity index (χ1v) is 4.75. The van der Waals surface area contributed by atoms with E-state index >= 15 is 0 Å². The van der Waals surface area contributed by atoms with Crippen LogP contribution in [0.5, 0.6) is 5.75 Å².